The summed E-state index contributed by atoms with van der Waals surface area (Å²) in [7, 11) is 0. The van der Waals surface area contributed by atoms with Gasteiger partial charge in [-0.3, -0.25) is 0 Å². The highest BCUT2D eigenvalue weighted by atomic mass is 19.2. The molecule has 0 aromatic heterocycles. The number of carbonyl (C=O) groups excluding carboxylic acids is 3. The predicted molar refractivity (Wildman–Crippen MR) is 120 cm³/mol. The molecule has 0 bridgehead atoms. The van der Waals surface area contributed by atoms with Gasteiger partial charge in [0.1, 0.15) is 0 Å². The summed E-state index contributed by atoms with van der Waals surface area (Å²) in [6.07, 6.45) is 0. The van der Waals surface area contributed by atoms with E-state index in [0.717, 1.165) is 0 Å². The number of hydrogen-bond acceptors (Lipinski definition) is 6. The molecule has 0 amide bonds. The van der Waals surface area contributed by atoms with Crippen molar-refractivity contribution >= 4 is 17.9 Å². The first-order chi connectivity index (χ1) is 21.0. The van der Waals surface area contributed by atoms with Crippen LogP contribution in [-0.2, 0) is 0 Å². The van der Waals surface area contributed by atoms with Gasteiger partial charge in [0.25, 0.3) is 0 Å². The number of carbonyl (C=O) groups is 3. The summed E-state index contributed by atoms with van der Waals surface area (Å²) >= 11 is 0. The van der Waals surface area contributed by atoms with Crippen molar-refractivity contribution in [2.75, 3.05) is 0 Å². The van der Waals surface area contributed by atoms with Gasteiger partial charge in [-0.1, -0.05) is 0 Å². The minimum atomic E-state index is -2.25. The van der Waals surface area contributed by atoms with Gasteiger partial charge in [0, 0.05) is 18.2 Å². The Morgan fingerprint density at radius 1 is 0.333 bits per heavy atom. The van der Waals surface area contributed by atoms with E-state index in [2.05, 4.69) is 14.2 Å². The molecule has 45 heavy (non-hydrogen) atoms. The van der Waals surface area contributed by atoms with E-state index in [9.17, 15) is 67.1 Å². The van der Waals surface area contributed by atoms with Gasteiger partial charge in [0.15, 0.2) is 34.9 Å². The van der Waals surface area contributed by atoms with Crippen LogP contribution < -0.4 is 14.2 Å². The molecule has 0 N–H and O–H groups in total. The molecule has 0 aliphatic carbocycles. The minimum Gasteiger partial charge on any atom is -0.416 e. The summed E-state index contributed by atoms with van der Waals surface area (Å²) in [5.74, 6) is -38.0. The van der Waals surface area contributed by atoms with Gasteiger partial charge in [0.2, 0.25) is 52.2 Å². The molecule has 4 rings (SSSR count). The topological polar surface area (TPSA) is 78.9 Å². The van der Waals surface area contributed by atoms with Gasteiger partial charge >= 0.3 is 17.9 Å². The first kappa shape index (κ1) is 32.4. The van der Waals surface area contributed by atoms with E-state index in [1.807, 2.05) is 0 Å². The number of rotatable bonds is 6. The minimum absolute atomic E-state index is 0.265. The number of esters is 3. The lowest BCUT2D eigenvalue weighted by atomic mass is 10.1. The summed E-state index contributed by atoms with van der Waals surface area (Å²) in [5.41, 5.74) is -3.67. The van der Waals surface area contributed by atoms with Gasteiger partial charge in [-0.15, -0.1) is 0 Å². The molecular weight excluding hydrogens is 648 g/mol. The van der Waals surface area contributed by atoms with Crippen molar-refractivity contribution in [2.24, 2.45) is 0 Å². The molecule has 0 saturated heterocycles. The first-order valence-corrected chi connectivity index (χ1v) is 11.3. The average Bonchev–Trinajstić information content (AvgIpc) is 2.99. The normalized spacial score (nSPS) is 10.9. The fourth-order valence-electron chi connectivity index (χ4n) is 3.36. The Kier molecular flexibility index (Phi) is 8.78. The van der Waals surface area contributed by atoms with Crippen LogP contribution in [0.1, 0.15) is 31.1 Å². The van der Waals surface area contributed by atoms with Gasteiger partial charge in [-0.25, -0.2) is 40.7 Å². The number of halogens is 12. The molecule has 4 aromatic rings. The van der Waals surface area contributed by atoms with E-state index >= 15 is 0 Å². The zero-order valence-corrected chi connectivity index (χ0v) is 20.9. The van der Waals surface area contributed by atoms with Crippen LogP contribution in [0.2, 0.25) is 0 Å². The van der Waals surface area contributed by atoms with Crippen LogP contribution in [0, 0.1) is 69.8 Å². The van der Waals surface area contributed by atoms with Crippen molar-refractivity contribution in [3.05, 3.63) is 123 Å². The van der Waals surface area contributed by atoms with E-state index in [4.69, 9.17) is 0 Å². The van der Waals surface area contributed by atoms with E-state index in [1.165, 1.54) is 0 Å². The Labute approximate surface area is 240 Å². The van der Waals surface area contributed by atoms with Crippen molar-refractivity contribution in [2.45, 2.75) is 0 Å². The maximum Gasteiger partial charge on any atom is 0.343 e. The van der Waals surface area contributed by atoms with Crippen LogP contribution >= 0.6 is 0 Å². The molecule has 6 nitrogen and oxygen atoms in total. The molecule has 0 unspecified atom stereocenters. The second-order valence-electron chi connectivity index (χ2n) is 8.36. The highest BCUT2D eigenvalue weighted by molar-refractivity contribution is 6.02. The van der Waals surface area contributed by atoms with Crippen molar-refractivity contribution in [3.63, 3.8) is 0 Å². The summed E-state index contributed by atoms with van der Waals surface area (Å²) in [6.45, 7) is 0. The molecule has 18 heteroatoms. The zero-order chi connectivity index (χ0) is 33.5. The maximum atomic E-state index is 14.0. The van der Waals surface area contributed by atoms with E-state index < -0.39 is 122 Å². The average molecular weight is 654 g/mol. The van der Waals surface area contributed by atoms with Gasteiger partial charge in [0.05, 0.1) is 16.7 Å². The molecule has 0 aliphatic heterocycles. The largest absolute Gasteiger partial charge is 0.416 e. The molecule has 0 atom stereocenters. The molecule has 0 fully saturated rings. The molecule has 0 saturated carbocycles. The number of ether oxygens (including phenoxy) is 3. The zero-order valence-electron chi connectivity index (χ0n) is 20.9. The Bertz CT molecular complexity index is 1620. The fraction of sp³-hybridized carbons (Fsp3) is 0. The van der Waals surface area contributed by atoms with Crippen molar-refractivity contribution in [3.8, 4) is 17.2 Å². The van der Waals surface area contributed by atoms with Crippen LogP contribution in [0.15, 0.2) is 36.4 Å². The van der Waals surface area contributed by atoms with E-state index in [-0.39, 0.29) is 36.4 Å². The molecule has 234 valence electrons. The fourth-order valence-corrected chi connectivity index (χ4v) is 3.36. The smallest absolute Gasteiger partial charge is 0.343 e. The van der Waals surface area contributed by atoms with Crippen molar-refractivity contribution < 1.29 is 81.3 Å². The SMILES string of the molecule is O=C(Oc1c(F)c(F)cc(F)c1F)c1cc(C(=O)Oc2c(F)c(F)cc(F)c2F)cc(C(=O)Oc2c(F)c(F)cc(F)c2F)c1. The summed E-state index contributed by atoms with van der Waals surface area (Å²) < 4.78 is 178. The summed E-state index contributed by atoms with van der Waals surface area (Å²) in [6, 6.07) is -0.0144. The molecule has 0 spiro atoms. The highest BCUT2D eigenvalue weighted by Crippen LogP contribution is 2.31. The quantitative estimate of drug-likeness (QED) is 0.0964. The van der Waals surface area contributed by atoms with Gasteiger partial charge < -0.3 is 14.2 Å². The van der Waals surface area contributed by atoms with Crippen molar-refractivity contribution in [1.29, 1.82) is 0 Å². The third kappa shape index (κ3) is 6.24. The Morgan fingerprint density at radius 2 is 0.511 bits per heavy atom. The number of benzene rings is 4. The Balaban J connectivity index is 1.81. The third-order valence-corrected chi connectivity index (χ3v) is 5.44. The van der Waals surface area contributed by atoms with Crippen LogP contribution in [0.4, 0.5) is 52.7 Å². The van der Waals surface area contributed by atoms with Gasteiger partial charge in [-0.2, -0.15) is 26.3 Å². The van der Waals surface area contributed by atoms with Crippen molar-refractivity contribution in [1.82, 2.24) is 0 Å². The lowest BCUT2D eigenvalue weighted by Crippen LogP contribution is -2.19. The van der Waals surface area contributed by atoms with Crippen LogP contribution in [0.3, 0.4) is 0 Å². The number of hydrogen-bond donors (Lipinski definition) is 0. The van der Waals surface area contributed by atoms with Gasteiger partial charge in [-0.05, 0) is 18.2 Å². The lowest BCUT2D eigenvalue weighted by molar-refractivity contribution is 0.0716. The maximum absolute atomic E-state index is 14.0. The molecule has 0 aliphatic rings. The van der Waals surface area contributed by atoms with Crippen LogP contribution in [0.5, 0.6) is 17.2 Å². The van der Waals surface area contributed by atoms with Crippen LogP contribution in [-0.4, -0.2) is 17.9 Å². The Hall–Kier alpha value is -5.55. The lowest BCUT2D eigenvalue weighted by Gasteiger charge is -2.12. The summed E-state index contributed by atoms with van der Waals surface area (Å²) in [5, 5.41) is 0. The van der Waals surface area contributed by atoms with E-state index in [0.29, 0.717) is 0 Å². The third-order valence-electron chi connectivity index (χ3n) is 5.44. The molecular formula is C27H6F12O6. The van der Waals surface area contributed by atoms with Crippen LogP contribution in [0.25, 0.3) is 0 Å². The summed E-state index contributed by atoms with van der Waals surface area (Å²) in [4.78, 5) is 38.0. The highest BCUT2D eigenvalue weighted by Gasteiger charge is 2.29. The molecule has 4 aromatic carbocycles. The molecule has 0 heterocycles. The van der Waals surface area contributed by atoms with E-state index in [1.54, 1.807) is 0 Å². The predicted octanol–water partition coefficient (Wildman–Crippen LogP) is 7.01. The Morgan fingerprint density at radius 3 is 0.689 bits per heavy atom. The first-order valence-electron chi connectivity index (χ1n) is 11.3. The second-order valence-corrected chi connectivity index (χ2v) is 8.36. The molecule has 0 radical (unpaired) electrons. The second kappa shape index (κ2) is 12.2. The standard InChI is InChI=1S/C27H6F12O6/c28-10-4-11(29)17(35)22(16(10)34)43-25(40)7-1-8(26(41)44-23-18(36)12(30)5-13(31)19(23)37)3-9(2-7)27(42)45-24-20(38)14(32)6-15(33)21(24)39/h1-6H. The monoisotopic (exact) mass is 654 g/mol.